The molecule has 2 heterocycles. The highest BCUT2D eigenvalue weighted by Crippen LogP contribution is 2.36. The summed E-state index contributed by atoms with van der Waals surface area (Å²) in [5, 5.41) is 6.37. The van der Waals surface area contributed by atoms with Gasteiger partial charge in [-0.25, -0.2) is 0 Å². The molecule has 7 heteroatoms. The Kier molecular flexibility index (Phi) is 8.38. The van der Waals surface area contributed by atoms with Crippen LogP contribution in [0.5, 0.6) is 5.75 Å². The van der Waals surface area contributed by atoms with E-state index in [1.54, 1.807) is 0 Å². The van der Waals surface area contributed by atoms with Crippen molar-refractivity contribution in [3.63, 3.8) is 0 Å². The van der Waals surface area contributed by atoms with Gasteiger partial charge in [0.05, 0.1) is 6.61 Å². The van der Waals surface area contributed by atoms with Gasteiger partial charge in [0.1, 0.15) is 10.6 Å². The van der Waals surface area contributed by atoms with E-state index in [0.717, 1.165) is 43.2 Å². The maximum atomic E-state index is 12.6. The molecule has 142 valence electrons. The molecule has 0 unspecified atom stereocenters. The number of ether oxygens (including phenoxy) is 1. The SMILES string of the molecule is CCOc1cc(-c2ccccc2)sc1C(=O)NCCN1CCNCC1.Cl. The third kappa shape index (κ3) is 5.45. The Balaban J connectivity index is 0.00000243. The molecule has 0 saturated carbocycles. The molecule has 0 radical (unpaired) electrons. The summed E-state index contributed by atoms with van der Waals surface area (Å²) in [5.41, 5.74) is 1.10. The van der Waals surface area contributed by atoms with Crippen LogP contribution in [0.25, 0.3) is 10.4 Å². The Morgan fingerprint density at radius 1 is 1.27 bits per heavy atom. The predicted octanol–water partition coefficient (Wildman–Crippen LogP) is 2.87. The largest absolute Gasteiger partial charge is 0.492 e. The van der Waals surface area contributed by atoms with Gasteiger partial charge in [0, 0.05) is 44.1 Å². The van der Waals surface area contributed by atoms with Crippen LogP contribution in [0.2, 0.25) is 0 Å². The second-order valence-electron chi connectivity index (χ2n) is 5.95. The number of piperazine rings is 1. The number of nitrogens with zero attached hydrogens (tertiary/aromatic N) is 1. The average molecular weight is 396 g/mol. The molecule has 2 N–H and O–H groups in total. The molecular weight excluding hydrogens is 370 g/mol. The fraction of sp³-hybridized carbons (Fsp3) is 0.421. The number of benzene rings is 1. The molecule has 1 aliphatic rings. The number of nitrogens with one attached hydrogen (secondary N) is 2. The maximum Gasteiger partial charge on any atom is 0.265 e. The Morgan fingerprint density at radius 2 is 2.00 bits per heavy atom. The Morgan fingerprint density at radius 3 is 2.69 bits per heavy atom. The van der Waals surface area contributed by atoms with E-state index in [-0.39, 0.29) is 18.3 Å². The van der Waals surface area contributed by atoms with E-state index >= 15 is 0 Å². The van der Waals surface area contributed by atoms with E-state index in [9.17, 15) is 4.79 Å². The van der Waals surface area contributed by atoms with Gasteiger partial charge in [0.15, 0.2) is 0 Å². The van der Waals surface area contributed by atoms with Crippen molar-refractivity contribution in [2.24, 2.45) is 0 Å². The van der Waals surface area contributed by atoms with Gasteiger partial charge in [-0.3, -0.25) is 9.69 Å². The second kappa shape index (κ2) is 10.5. The maximum absolute atomic E-state index is 12.6. The van der Waals surface area contributed by atoms with Crippen molar-refractivity contribution >= 4 is 29.7 Å². The van der Waals surface area contributed by atoms with Gasteiger partial charge >= 0.3 is 0 Å². The number of halogens is 1. The first-order valence-corrected chi connectivity index (χ1v) is 9.63. The van der Waals surface area contributed by atoms with Crippen molar-refractivity contribution in [1.82, 2.24) is 15.5 Å². The quantitative estimate of drug-likeness (QED) is 0.756. The van der Waals surface area contributed by atoms with Crippen LogP contribution in [0, 0.1) is 0 Å². The summed E-state index contributed by atoms with van der Waals surface area (Å²) in [4.78, 5) is 16.7. The van der Waals surface area contributed by atoms with Crippen molar-refractivity contribution in [3.05, 3.63) is 41.3 Å². The van der Waals surface area contributed by atoms with Gasteiger partial charge in [-0.1, -0.05) is 30.3 Å². The molecule has 1 aliphatic heterocycles. The van der Waals surface area contributed by atoms with E-state index in [0.29, 0.717) is 23.8 Å². The molecule has 5 nitrogen and oxygen atoms in total. The van der Waals surface area contributed by atoms with Crippen LogP contribution < -0.4 is 15.4 Å². The molecule has 2 aromatic rings. The number of hydrogen-bond donors (Lipinski definition) is 2. The van der Waals surface area contributed by atoms with Crippen molar-refractivity contribution in [3.8, 4) is 16.2 Å². The van der Waals surface area contributed by atoms with Crippen molar-refractivity contribution in [2.75, 3.05) is 45.9 Å². The summed E-state index contributed by atoms with van der Waals surface area (Å²) < 4.78 is 5.69. The fourth-order valence-corrected chi connectivity index (χ4v) is 3.91. The molecule has 0 atom stereocenters. The van der Waals surface area contributed by atoms with E-state index in [1.807, 2.05) is 43.3 Å². The van der Waals surface area contributed by atoms with Crippen molar-refractivity contribution < 1.29 is 9.53 Å². The molecule has 0 aliphatic carbocycles. The Hall–Kier alpha value is -1.60. The first-order valence-electron chi connectivity index (χ1n) is 8.81. The average Bonchev–Trinajstić information content (AvgIpc) is 3.08. The molecule has 0 spiro atoms. The minimum atomic E-state index is -0.0502. The molecular formula is C19H26ClN3O2S. The van der Waals surface area contributed by atoms with Gasteiger partial charge in [0.25, 0.3) is 5.91 Å². The van der Waals surface area contributed by atoms with Crippen LogP contribution in [0.3, 0.4) is 0 Å². The topological polar surface area (TPSA) is 53.6 Å². The third-order valence-electron chi connectivity index (χ3n) is 4.19. The lowest BCUT2D eigenvalue weighted by Crippen LogP contribution is -2.46. The fourth-order valence-electron chi connectivity index (χ4n) is 2.88. The highest BCUT2D eigenvalue weighted by atomic mass is 35.5. The number of hydrogen-bond acceptors (Lipinski definition) is 5. The van der Waals surface area contributed by atoms with E-state index in [2.05, 4.69) is 15.5 Å². The van der Waals surface area contributed by atoms with Gasteiger partial charge in [-0.2, -0.15) is 0 Å². The van der Waals surface area contributed by atoms with Crippen molar-refractivity contribution in [1.29, 1.82) is 0 Å². The minimum absolute atomic E-state index is 0. The smallest absolute Gasteiger partial charge is 0.265 e. The molecule has 1 saturated heterocycles. The van der Waals surface area contributed by atoms with Crippen LogP contribution in [0.15, 0.2) is 36.4 Å². The molecule has 1 aromatic carbocycles. The van der Waals surface area contributed by atoms with Gasteiger partial charge in [0.2, 0.25) is 0 Å². The highest BCUT2D eigenvalue weighted by Gasteiger charge is 2.18. The summed E-state index contributed by atoms with van der Waals surface area (Å²) in [6.07, 6.45) is 0. The minimum Gasteiger partial charge on any atom is -0.492 e. The molecule has 1 fully saturated rings. The zero-order valence-electron chi connectivity index (χ0n) is 15.0. The monoisotopic (exact) mass is 395 g/mol. The second-order valence-corrected chi connectivity index (χ2v) is 7.00. The first-order chi connectivity index (χ1) is 12.3. The van der Waals surface area contributed by atoms with E-state index in [1.165, 1.54) is 11.3 Å². The van der Waals surface area contributed by atoms with Crippen LogP contribution in [0.4, 0.5) is 0 Å². The number of amides is 1. The van der Waals surface area contributed by atoms with E-state index in [4.69, 9.17) is 4.74 Å². The Bertz CT molecular complexity index is 687. The summed E-state index contributed by atoms with van der Waals surface area (Å²) in [6, 6.07) is 12.1. The van der Waals surface area contributed by atoms with Gasteiger partial charge < -0.3 is 15.4 Å². The van der Waals surface area contributed by atoms with Crippen LogP contribution in [-0.2, 0) is 0 Å². The first kappa shape index (κ1) is 20.7. The lowest BCUT2D eigenvalue weighted by molar-refractivity contribution is 0.0948. The number of rotatable bonds is 7. The third-order valence-corrected chi connectivity index (χ3v) is 5.35. The molecule has 26 heavy (non-hydrogen) atoms. The normalized spacial score (nSPS) is 14.5. The molecule has 3 rings (SSSR count). The summed E-state index contributed by atoms with van der Waals surface area (Å²) >= 11 is 1.49. The summed E-state index contributed by atoms with van der Waals surface area (Å²) in [5.74, 6) is 0.622. The summed E-state index contributed by atoms with van der Waals surface area (Å²) in [6.45, 7) is 8.14. The number of carbonyl (C=O) groups is 1. The van der Waals surface area contributed by atoms with Gasteiger partial charge in [-0.05, 0) is 18.6 Å². The predicted molar refractivity (Wildman–Crippen MR) is 110 cm³/mol. The molecule has 1 amide bonds. The standard InChI is InChI=1S/C19H25N3O2S.ClH/c1-2-24-16-14-17(15-6-4-3-5-7-15)25-18(16)19(23)21-10-13-22-11-8-20-9-12-22;/h3-7,14,20H,2,8-13H2,1H3,(H,21,23);1H. The number of carbonyl (C=O) groups excluding carboxylic acids is 1. The van der Waals surface area contributed by atoms with Crippen molar-refractivity contribution in [2.45, 2.75) is 6.92 Å². The van der Waals surface area contributed by atoms with Crippen LogP contribution in [-0.4, -0.2) is 56.7 Å². The lowest BCUT2D eigenvalue weighted by atomic mass is 10.2. The molecule has 1 aromatic heterocycles. The number of thiophene rings is 1. The van der Waals surface area contributed by atoms with Crippen LogP contribution in [0.1, 0.15) is 16.6 Å². The zero-order valence-corrected chi connectivity index (χ0v) is 16.6. The molecule has 0 bridgehead atoms. The highest BCUT2D eigenvalue weighted by molar-refractivity contribution is 7.17. The van der Waals surface area contributed by atoms with Crippen LogP contribution >= 0.6 is 23.7 Å². The summed E-state index contributed by atoms with van der Waals surface area (Å²) in [7, 11) is 0. The van der Waals surface area contributed by atoms with E-state index < -0.39 is 0 Å². The van der Waals surface area contributed by atoms with Gasteiger partial charge in [-0.15, -0.1) is 23.7 Å². The lowest BCUT2D eigenvalue weighted by Gasteiger charge is -2.27. The zero-order chi connectivity index (χ0) is 17.5. The Labute approximate surface area is 165 Å².